The second kappa shape index (κ2) is 5.69. The van der Waals surface area contributed by atoms with Crippen LogP contribution in [0.2, 0.25) is 0 Å². The first-order valence-electron chi connectivity index (χ1n) is 6.32. The molecule has 1 aliphatic rings. The highest BCUT2D eigenvalue weighted by Gasteiger charge is 2.26. The number of ether oxygens (including phenoxy) is 2. The van der Waals surface area contributed by atoms with Crippen LogP contribution in [0.1, 0.15) is 17.2 Å². The number of nitrogens with two attached hydrogens (primary N) is 1. The highest BCUT2D eigenvalue weighted by Crippen LogP contribution is 2.25. The number of aryl methyl sites for hydroxylation is 1. The maximum atomic E-state index is 6.33. The molecule has 1 saturated heterocycles. The lowest BCUT2D eigenvalue weighted by Crippen LogP contribution is -2.45. The normalized spacial score (nSPS) is 22.8. The number of hydrogen-bond donors (Lipinski definition) is 1. The summed E-state index contributed by atoms with van der Waals surface area (Å²) in [6.07, 6.45) is 0.0656. The molecule has 0 amide bonds. The number of hydrogen-bond acceptors (Lipinski definition) is 4. The third-order valence-corrected chi connectivity index (χ3v) is 3.53. The number of likely N-dealkylation sites (N-methyl/N-ethyl adjacent to an activating group) is 1. The van der Waals surface area contributed by atoms with Gasteiger partial charge >= 0.3 is 0 Å². The van der Waals surface area contributed by atoms with Gasteiger partial charge in [-0.25, -0.2) is 0 Å². The topological polar surface area (TPSA) is 47.7 Å². The van der Waals surface area contributed by atoms with Crippen molar-refractivity contribution in [2.24, 2.45) is 5.73 Å². The lowest BCUT2D eigenvalue weighted by atomic mass is 9.96. The van der Waals surface area contributed by atoms with E-state index >= 15 is 0 Å². The summed E-state index contributed by atoms with van der Waals surface area (Å²) >= 11 is 0. The van der Waals surface area contributed by atoms with Gasteiger partial charge in [0.2, 0.25) is 0 Å². The van der Waals surface area contributed by atoms with Gasteiger partial charge in [0.25, 0.3) is 0 Å². The number of benzene rings is 1. The summed E-state index contributed by atoms with van der Waals surface area (Å²) in [5, 5.41) is 0. The third-order valence-electron chi connectivity index (χ3n) is 3.53. The lowest BCUT2D eigenvalue weighted by molar-refractivity contribution is -0.0327. The molecule has 1 aromatic rings. The fourth-order valence-electron chi connectivity index (χ4n) is 2.38. The molecule has 1 fully saturated rings. The largest absolute Gasteiger partial charge is 0.497 e. The van der Waals surface area contributed by atoms with E-state index in [1.165, 1.54) is 0 Å². The van der Waals surface area contributed by atoms with Crippen molar-refractivity contribution in [2.75, 3.05) is 33.9 Å². The van der Waals surface area contributed by atoms with Crippen molar-refractivity contribution < 1.29 is 9.47 Å². The van der Waals surface area contributed by atoms with Gasteiger partial charge in [-0.05, 0) is 37.2 Å². The van der Waals surface area contributed by atoms with Crippen molar-refractivity contribution in [3.8, 4) is 5.75 Å². The molecule has 1 heterocycles. The van der Waals surface area contributed by atoms with Gasteiger partial charge in [0.1, 0.15) is 5.75 Å². The first-order chi connectivity index (χ1) is 8.61. The zero-order chi connectivity index (χ0) is 13.1. The molecule has 0 aromatic heterocycles. The van der Waals surface area contributed by atoms with Crippen LogP contribution in [0.15, 0.2) is 18.2 Å². The maximum Gasteiger partial charge on any atom is 0.119 e. The van der Waals surface area contributed by atoms with Gasteiger partial charge in [-0.1, -0.05) is 6.07 Å². The molecule has 0 saturated carbocycles. The summed E-state index contributed by atoms with van der Waals surface area (Å²) in [5.74, 6) is 0.866. The molecular formula is C14H22N2O2. The highest BCUT2D eigenvalue weighted by atomic mass is 16.5. The third kappa shape index (κ3) is 2.83. The Balaban J connectivity index is 2.15. The van der Waals surface area contributed by atoms with Crippen molar-refractivity contribution in [3.05, 3.63) is 29.3 Å². The second-order valence-electron chi connectivity index (χ2n) is 4.92. The number of methoxy groups -OCH3 is 1. The summed E-state index contributed by atoms with van der Waals surface area (Å²) in [5.41, 5.74) is 8.62. The van der Waals surface area contributed by atoms with E-state index in [4.69, 9.17) is 15.2 Å². The smallest absolute Gasteiger partial charge is 0.119 e. The van der Waals surface area contributed by atoms with E-state index in [1.807, 2.05) is 18.2 Å². The van der Waals surface area contributed by atoms with E-state index in [0.29, 0.717) is 0 Å². The lowest BCUT2D eigenvalue weighted by Gasteiger charge is -2.34. The molecule has 2 unspecified atom stereocenters. The minimum Gasteiger partial charge on any atom is -0.497 e. The molecule has 1 aromatic carbocycles. The van der Waals surface area contributed by atoms with Crippen LogP contribution in [0.3, 0.4) is 0 Å². The Labute approximate surface area is 109 Å². The number of nitrogens with zero attached hydrogens (tertiary/aromatic N) is 1. The van der Waals surface area contributed by atoms with Crippen molar-refractivity contribution in [2.45, 2.75) is 19.1 Å². The summed E-state index contributed by atoms with van der Waals surface area (Å²) in [7, 11) is 3.77. The monoisotopic (exact) mass is 250 g/mol. The Hall–Kier alpha value is -1.10. The molecule has 2 atom stereocenters. The van der Waals surface area contributed by atoms with Gasteiger partial charge < -0.3 is 20.1 Å². The zero-order valence-corrected chi connectivity index (χ0v) is 11.3. The Kier molecular flexibility index (Phi) is 4.22. The molecule has 2 N–H and O–H groups in total. The van der Waals surface area contributed by atoms with E-state index in [0.717, 1.165) is 36.6 Å². The van der Waals surface area contributed by atoms with Gasteiger partial charge in [0.15, 0.2) is 0 Å². The highest BCUT2D eigenvalue weighted by molar-refractivity contribution is 5.37. The average Bonchev–Trinajstić information content (AvgIpc) is 2.37. The Morgan fingerprint density at radius 3 is 2.89 bits per heavy atom. The Morgan fingerprint density at radius 1 is 1.50 bits per heavy atom. The molecule has 4 heteroatoms. The Bertz CT molecular complexity index is 409. The molecule has 2 rings (SSSR count). The SMILES string of the molecule is COc1ccc(C(N)C2CN(C)CCO2)c(C)c1. The summed E-state index contributed by atoms with van der Waals surface area (Å²) in [4.78, 5) is 2.26. The molecule has 1 aliphatic heterocycles. The van der Waals surface area contributed by atoms with Crippen molar-refractivity contribution >= 4 is 0 Å². The Morgan fingerprint density at radius 2 is 2.28 bits per heavy atom. The van der Waals surface area contributed by atoms with Crippen LogP contribution in [0.5, 0.6) is 5.75 Å². The van der Waals surface area contributed by atoms with Gasteiger partial charge in [0, 0.05) is 13.1 Å². The summed E-state index contributed by atoms with van der Waals surface area (Å²) in [6.45, 7) is 4.67. The first-order valence-corrected chi connectivity index (χ1v) is 6.32. The molecule has 0 bridgehead atoms. The molecular weight excluding hydrogens is 228 g/mol. The minimum absolute atomic E-state index is 0.0656. The van der Waals surface area contributed by atoms with Crippen LogP contribution in [0.4, 0.5) is 0 Å². The van der Waals surface area contributed by atoms with Crippen molar-refractivity contribution in [1.29, 1.82) is 0 Å². The van der Waals surface area contributed by atoms with Gasteiger partial charge in [-0.3, -0.25) is 0 Å². The zero-order valence-electron chi connectivity index (χ0n) is 11.3. The minimum atomic E-state index is -0.0846. The van der Waals surface area contributed by atoms with Crippen LogP contribution in [0.25, 0.3) is 0 Å². The fraction of sp³-hybridized carbons (Fsp3) is 0.571. The van der Waals surface area contributed by atoms with E-state index in [-0.39, 0.29) is 12.1 Å². The van der Waals surface area contributed by atoms with Crippen LogP contribution in [-0.4, -0.2) is 44.9 Å². The molecule has 4 nitrogen and oxygen atoms in total. The molecule has 100 valence electrons. The van der Waals surface area contributed by atoms with Gasteiger partial charge in [-0.2, -0.15) is 0 Å². The fourth-order valence-corrected chi connectivity index (χ4v) is 2.38. The predicted octanol–water partition coefficient (Wildman–Crippen LogP) is 1.33. The number of rotatable bonds is 3. The quantitative estimate of drug-likeness (QED) is 0.879. The van der Waals surface area contributed by atoms with Crippen LogP contribution in [0, 0.1) is 6.92 Å². The second-order valence-corrected chi connectivity index (χ2v) is 4.92. The van der Waals surface area contributed by atoms with E-state index in [9.17, 15) is 0 Å². The van der Waals surface area contributed by atoms with Crippen LogP contribution < -0.4 is 10.5 Å². The van der Waals surface area contributed by atoms with Gasteiger partial charge in [0.05, 0.1) is 25.9 Å². The van der Waals surface area contributed by atoms with Crippen LogP contribution in [-0.2, 0) is 4.74 Å². The molecule has 0 aliphatic carbocycles. The van der Waals surface area contributed by atoms with E-state index in [1.54, 1.807) is 7.11 Å². The molecule has 18 heavy (non-hydrogen) atoms. The summed E-state index contributed by atoms with van der Waals surface area (Å²) in [6, 6.07) is 5.92. The molecule has 0 spiro atoms. The van der Waals surface area contributed by atoms with Crippen molar-refractivity contribution in [3.63, 3.8) is 0 Å². The predicted molar refractivity (Wildman–Crippen MR) is 71.9 cm³/mol. The van der Waals surface area contributed by atoms with Gasteiger partial charge in [-0.15, -0.1) is 0 Å². The standard InChI is InChI=1S/C14H22N2O2/c1-10-8-11(17-3)4-5-12(10)14(15)13-9-16(2)6-7-18-13/h4-5,8,13-14H,6-7,9,15H2,1-3H3. The maximum absolute atomic E-state index is 6.33. The summed E-state index contributed by atoms with van der Waals surface area (Å²) < 4.78 is 11.0. The van der Waals surface area contributed by atoms with Crippen LogP contribution >= 0.6 is 0 Å². The molecule has 0 radical (unpaired) electrons. The first kappa shape index (κ1) is 13.3. The van der Waals surface area contributed by atoms with Crippen molar-refractivity contribution in [1.82, 2.24) is 4.90 Å². The van der Waals surface area contributed by atoms with E-state index < -0.39 is 0 Å². The number of morpholine rings is 1. The average molecular weight is 250 g/mol. The van der Waals surface area contributed by atoms with E-state index in [2.05, 4.69) is 18.9 Å².